The molecule has 9 heteroatoms. The average Bonchev–Trinajstić information content (AvgIpc) is 2.77. The summed E-state index contributed by atoms with van der Waals surface area (Å²) >= 11 is 0. The van der Waals surface area contributed by atoms with Crippen molar-refractivity contribution >= 4 is 18.0 Å². The first-order chi connectivity index (χ1) is 14.5. The van der Waals surface area contributed by atoms with Gasteiger partial charge in [-0.2, -0.15) is 5.10 Å². The lowest BCUT2D eigenvalue weighted by Gasteiger charge is -2.12. The molecule has 0 saturated carbocycles. The largest absolute Gasteiger partial charge is 0.497 e. The van der Waals surface area contributed by atoms with Crippen LogP contribution in [-0.2, 0) is 16.0 Å². The van der Waals surface area contributed by atoms with Crippen LogP contribution in [0.15, 0.2) is 41.5 Å². The lowest BCUT2D eigenvalue weighted by molar-refractivity contribution is -0.125. The molecule has 0 heterocycles. The predicted molar refractivity (Wildman–Crippen MR) is 112 cm³/mol. The molecule has 160 valence electrons. The first-order valence-electron chi connectivity index (χ1n) is 9.02. The number of rotatable bonds is 10. The number of benzene rings is 2. The van der Waals surface area contributed by atoms with Gasteiger partial charge >= 0.3 is 0 Å². The van der Waals surface area contributed by atoms with E-state index < -0.39 is 5.91 Å². The normalized spacial score (nSPS) is 10.4. The number of hydrazone groups is 1. The Hall–Kier alpha value is -3.75. The van der Waals surface area contributed by atoms with Crippen LogP contribution in [0, 0.1) is 0 Å². The van der Waals surface area contributed by atoms with Gasteiger partial charge in [-0.1, -0.05) is 12.1 Å². The number of methoxy groups -OCH3 is 4. The van der Waals surface area contributed by atoms with E-state index >= 15 is 0 Å². The maximum absolute atomic E-state index is 12.0. The Bertz CT molecular complexity index is 871. The van der Waals surface area contributed by atoms with E-state index in [9.17, 15) is 9.59 Å². The molecule has 2 amide bonds. The number of nitrogens with zero attached hydrogens (tertiary/aromatic N) is 1. The topological polar surface area (TPSA) is 107 Å². The molecule has 0 unspecified atom stereocenters. The molecule has 0 aliphatic heterocycles. The van der Waals surface area contributed by atoms with Crippen molar-refractivity contribution < 1.29 is 28.5 Å². The zero-order valence-electron chi connectivity index (χ0n) is 17.4. The monoisotopic (exact) mass is 415 g/mol. The standard InChI is InChI=1S/C21H25N3O6/c1-27-16-7-5-14(6-8-16)11-19(25)22-13-20(26)24-23-12-15-9-17(28-2)21(30-4)18(10-15)29-3/h5-10,12H,11,13H2,1-4H3,(H,22,25)(H,24,26)/b23-12-. The summed E-state index contributed by atoms with van der Waals surface area (Å²) in [7, 11) is 6.10. The molecule has 2 N–H and O–H groups in total. The number of hydrogen-bond donors (Lipinski definition) is 2. The first kappa shape index (κ1) is 22.5. The molecule has 0 radical (unpaired) electrons. The minimum Gasteiger partial charge on any atom is -0.497 e. The summed E-state index contributed by atoms with van der Waals surface area (Å²) in [5.74, 6) is 1.38. The van der Waals surface area contributed by atoms with Gasteiger partial charge in [0.15, 0.2) is 11.5 Å². The number of nitrogens with one attached hydrogen (secondary N) is 2. The molecule has 0 atom stereocenters. The van der Waals surface area contributed by atoms with Crippen molar-refractivity contribution in [2.45, 2.75) is 6.42 Å². The highest BCUT2D eigenvalue weighted by Gasteiger charge is 2.12. The van der Waals surface area contributed by atoms with Gasteiger partial charge in [-0.3, -0.25) is 9.59 Å². The van der Waals surface area contributed by atoms with Crippen LogP contribution >= 0.6 is 0 Å². The van der Waals surface area contributed by atoms with E-state index in [2.05, 4.69) is 15.8 Å². The first-order valence-corrected chi connectivity index (χ1v) is 9.02. The molecule has 0 bridgehead atoms. The molecule has 2 aromatic carbocycles. The van der Waals surface area contributed by atoms with Crippen LogP contribution in [0.3, 0.4) is 0 Å². The van der Waals surface area contributed by atoms with Gasteiger partial charge in [-0.05, 0) is 29.8 Å². The molecule has 0 aliphatic rings. The van der Waals surface area contributed by atoms with E-state index in [1.165, 1.54) is 27.5 Å². The smallest absolute Gasteiger partial charge is 0.259 e. The Labute approximate surface area is 175 Å². The van der Waals surface area contributed by atoms with E-state index in [0.717, 1.165) is 5.56 Å². The van der Waals surface area contributed by atoms with Crippen molar-refractivity contribution in [2.75, 3.05) is 35.0 Å². The van der Waals surface area contributed by atoms with Crippen molar-refractivity contribution in [3.8, 4) is 23.0 Å². The quantitative estimate of drug-likeness (QED) is 0.450. The highest BCUT2D eigenvalue weighted by atomic mass is 16.5. The second-order valence-electron chi connectivity index (χ2n) is 6.05. The van der Waals surface area contributed by atoms with Crippen LogP contribution in [-0.4, -0.2) is 53.0 Å². The summed E-state index contributed by atoms with van der Waals surface area (Å²) in [6, 6.07) is 10.5. The summed E-state index contributed by atoms with van der Waals surface area (Å²) < 4.78 is 20.9. The summed E-state index contributed by atoms with van der Waals surface area (Å²) in [5.41, 5.74) is 3.80. The minimum atomic E-state index is -0.457. The zero-order chi connectivity index (χ0) is 21.9. The van der Waals surface area contributed by atoms with E-state index in [1.54, 1.807) is 43.5 Å². The second-order valence-corrected chi connectivity index (χ2v) is 6.05. The fourth-order valence-corrected chi connectivity index (χ4v) is 2.56. The minimum absolute atomic E-state index is 0.159. The summed E-state index contributed by atoms with van der Waals surface area (Å²) in [5, 5.41) is 6.43. The fraction of sp³-hybridized carbons (Fsp3) is 0.286. The van der Waals surface area contributed by atoms with Gasteiger partial charge in [0.1, 0.15) is 5.75 Å². The highest BCUT2D eigenvalue weighted by Crippen LogP contribution is 2.37. The van der Waals surface area contributed by atoms with Gasteiger partial charge in [-0.25, -0.2) is 5.43 Å². The molecule has 0 aromatic heterocycles. The fourth-order valence-electron chi connectivity index (χ4n) is 2.56. The lowest BCUT2D eigenvalue weighted by Crippen LogP contribution is -2.35. The van der Waals surface area contributed by atoms with Crippen LogP contribution in [0.25, 0.3) is 0 Å². The van der Waals surface area contributed by atoms with Crippen molar-refractivity contribution in [3.05, 3.63) is 47.5 Å². The van der Waals surface area contributed by atoms with Crippen LogP contribution in [0.2, 0.25) is 0 Å². The molecular weight excluding hydrogens is 390 g/mol. The maximum atomic E-state index is 12.0. The number of amides is 2. The molecular formula is C21H25N3O6. The van der Waals surface area contributed by atoms with E-state index in [1.807, 2.05) is 0 Å². The molecule has 0 fully saturated rings. The van der Waals surface area contributed by atoms with Crippen LogP contribution in [0.4, 0.5) is 0 Å². The van der Waals surface area contributed by atoms with Crippen molar-refractivity contribution in [1.82, 2.24) is 10.7 Å². The number of ether oxygens (including phenoxy) is 4. The van der Waals surface area contributed by atoms with Crippen LogP contribution in [0.1, 0.15) is 11.1 Å². The molecule has 0 spiro atoms. The van der Waals surface area contributed by atoms with Gasteiger partial charge in [0, 0.05) is 5.56 Å². The SMILES string of the molecule is COc1ccc(CC(=O)NCC(=O)N/N=C\c2cc(OC)c(OC)c(OC)c2)cc1. The van der Waals surface area contributed by atoms with Gasteiger partial charge < -0.3 is 24.3 Å². The molecule has 2 aromatic rings. The van der Waals surface area contributed by atoms with Crippen molar-refractivity contribution in [3.63, 3.8) is 0 Å². The molecule has 30 heavy (non-hydrogen) atoms. The third kappa shape index (κ3) is 6.40. The zero-order valence-corrected chi connectivity index (χ0v) is 17.4. The third-order valence-corrected chi connectivity index (χ3v) is 4.06. The van der Waals surface area contributed by atoms with E-state index in [0.29, 0.717) is 28.6 Å². The molecule has 0 saturated heterocycles. The maximum Gasteiger partial charge on any atom is 0.259 e. The van der Waals surface area contributed by atoms with Gasteiger partial charge in [0.25, 0.3) is 5.91 Å². The van der Waals surface area contributed by atoms with E-state index in [-0.39, 0.29) is 18.9 Å². The van der Waals surface area contributed by atoms with Gasteiger partial charge in [-0.15, -0.1) is 0 Å². The van der Waals surface area contributed by atoms with Crippen LogP contribution < -0.4 is 29.7 Å². The summed E-state index contributed by atoms with van der Waals surface area (Å²) in [4.78, 5) is 23.9. The van der Waals surface area contributed by atoms with Crippen LogP contribution in [0.5, 0.6) is 23.0 Å². The Morgan fingerprint density at radius 2 is 1.53 bits per heavy atom. The third-order valence-electron chi connectivity index (χ3n) is 4.06. The number of carbonyl (C=O) groups excluding carboxylic acids is 2. The Balaban J connectivity index is 1.85. The summed E-state index contributed by atoms with van der Waals surface area (Å²) in [6.45, 7) is -0.193. The number of hydrogen-bond acceptors (Lipinski definition) is 7. The Morgan fingerprint density at radius 1 is 0.900 bits per heavy atom. The lowest BCUT2D eigenvalue weighted by atomic mass is 10.1. The highest BCUT2D eigenvalue weighted by molar-refractivity contribution is 5.87. The van der Waals surface area contributed by atoms with E-state index in [4.69, 9.17) is 18.9 Å². The van der Waals surface area contributed by atoms with Crippen molar-refractivity contribution in [1.29, 1.82) is 0 Å². The van der Waals surface area contributed by atoms with Crippen molar-refractivity contribution in [2.24, 2.45) is 5.10 Å². The average molecular weight is 415 g/mol. The molecule has 0 aliphatic carbocycles. The second kappa shape index (κ2) is 11.3. The predicted octanol–water partition coefficient (Wildman–Crippen LogP) is 1.53. The molecule has 2 rings (SSSR count). The van der Waals surface area contributed by atoms with Gasteiger partial charge in [0.05, 0.1) is 47.6 Å². The Morgan fingerprint density at radius 3 is 2.07 bits per heavy atom. The van der Waals surface area contributed by atoms with Gasteiger partial charge in [0.2, 0.25) is 11.7 Å². The Kier molecular flexibility index (Phi) is 8.49. The number of carbonyl (C=O) groups is 2. The summed E-state index contributed by atoms with van der Waals surface area (Å²) in [6.07, 6.45) is 1.59. The molecule has 9 nitrogen and oxygen atoms in total.